The zero-order valence-corrected chi connectivity index (χ0v) is 11.2. The fourth-order valence-electron chi connectivity index (χ4n) is 2.49. The molecule has 0 saturated heterocycles. The molecule has 2 aromatic heterocycles. The number of aromatic nitrogens is 2. The molecule has 0 radical (unpaired) electrons. The molecule has 0 aliphatic heterocycles. The highest BCUT2D eigenvalue weighted by Crippen LogP contribution is 2.40. The van der Waals surface area contributed by atoms with E-state index in [1.165, 1.54) is 12.8 Å². The van der Waals surface area contributed by atoms with Crippen LogP contribution in [0.15, 0.2) is 23.0 Å². The average Bonchev–Trinajstić information content (AvgIpc) is 3.01. The van der Waals surface area contributed by atoms with Gasteiger partial charge in [0, 0.05) is 5.56 Å². The predicted molar refractivity (Wildman–Crippen MR) is 71.0 cm³/mol. The molecule has 3 nitrogen and oxygen atoms in total. The van der Waals surface area contributed by atoms with Crippen molar-refractivity contribution in [2.45, 2.75) is 31.6 Å². The molecule has 0 bridgehead atoms. The Bertz CT molecular complexity index is 525. The van der Waals surface area contributed by atoms with E-state index >= 15 is 0 Å². The highest BCUT2D eigenvalue weighted by atomic mass is 35.5. The van der Waals surface area contributed by atoms with Gasteiger partial charge in [-0.2, -0.15) is 0 Å². The summed E-state index contributed by atoms with van der Waals surface area (Å²) in [5.74, 6) is 0.920. The van der Waals surface area contributed by atoms with Crippen molar-refractivity contribution in [3.63, 3.8) is 0 Å². The fraction of sp³-hybridized carbons (Fsp3) is 0.385. The first kappa shape index (κ1) is 12.0. The van der Waals surface area contributed by atoms with Crippen molar-refractivity contribution in [3.05, 3.63) is 34.5 Å². The molecule has 1 saturated carbocycles. The Labute approximate surface area is 115 Å². The fourth-order valence-corrected chi connectivity index (χ4v) is 3.18. The van der Waals surface area contributed by atoms with E-state index in [1.807, 2.05) is 0 Å². The lowest BCUT2D eigenvalue weighted by molar-refractivity contribution is 0.568. The van der Waals surface area contributed by atoms with Gasteiger partial charge in [0.2, 0.25) is 0 Å². The summed E-state index contributed by atoms with van der Waals surface area (Å²) in [6.45, 7) is 0. The van der Waals surface area contributed by atoms with Gasteiger partial charge in [0.05, 0.1) is 11.8 Å². The van der Waals surface area contributed by atoms with E-state index in [0.717, 1.165) is 24.0 Å². The van der Waals surface area contributed by atoms with Gasteiger partial charge in [0.25, 0.3) is 0 Å². The minimum absolute atomic E-state index is 0.406. The van der Waals surface area contributed by atoms with E-state index in [2.05, 4.69) is 9.97 Å². The summed E-state index contributed by atoms with van der Waals surface area (Å²) in [6.07, 6.45) is 7.84. The summed E-state index contributed by atoms with van der Waals surface area (Å²) in [5.41, 5.74) is 1.69. The van der Waals surface area contributed by atoms with Crippen LogP contribution in [-0.2, 0) is 0 Å². The lowest BCUT2D eigenvalue weighted by Gasteiger charge is -2.13. The second-order valence-electron chi connectivity index (χ2n) is 4.54. The Kier molecular flexibility index (Phi) is 3.27. The van der Waals surface area contributed by atoms with E-state index < -0.39 is 0 Å². The first-order valence-electron chi connectivity index (χ1n) is 6.01. The largest absolute Gasteiger partial charge is 0.472 e. The van der Waals surface area contributed by atoms with Crippen LogP contribution in [0.25, 0.3) is 11.4 Å². The van der Waals surface area contributed by atoms with E-state index in [9.17, 15) is 0 Å². The minimum Gasteiger partial charge on any atom is -0.472 e. The molecule has 1 aliphatic rings. The van der Waals surface area contributed by atoms with Gasteiger partial charge in [-0.25, -0.2) is 9.97 Å². The van der Waals surface area contributed by atoms with Gasteiger partial charge < -0.3 is 4.42 Å². The van der Waals surface area contributed by atoms with Crippen LogP contribution >= 0.6 is 23.2 Å². The molecule has 0 aromatic carbocycles. The van der Waals surface area contributed by atoms with Gasteiger partial charge in [-0.15, -0.1) is 0 Å². The molecule has 0 unspecified atom stereocenters. The van der Waals surface area contributed by atoms with Gasteiger partial charge in [-0.05, 0) is 24.8 Å². The zero-order chi connectivity index (χ0) is 12.5. The zero-order valence-electron chi connectivity index (χ0n) is 9.70. The summed E-state index contributed by atoms with van der Waals surface area (Å²) < 4.78 is 5.01. The summed E-state index contributed by atoms with van der Waals surface area (Å²) in [7, 11) is 0. The Morgan fingerprint density at radius 1 is 1.11 bits per heavy atom. The van der Waals surface area contributed by atoms with Gasteiger partial charge in [-0.1, -0.05) is 36.0 Å². The van der Waals surface area contributed by atoms with E-state index in [-0.39, 0.29) is 0 Å². The van der Waals surface area contributed by atoms with Crippen molar-refractivity contribution in [2.24, 2.45) is 0 Å². The SMILES string of the molecule is Clc1nc(-c2ccoc2)nc(Cl)c1C1CCCC1. The number of furan rings is 1. The van der Waals surface area contributed by atoms with E-state index in [4.69, 9.17) is 27.6 Å². The van der Waals surface area contributed by atoms with Crippen molar-refractivity contribution in [1.29, 1.82) is 0 Å². The molecular weight excluding hydrogens is 271 g/mol. The maximum absolute atomic E-state index is 6.27. The number of hydrogen-bond acceptors (Lipinski definition) is 3. The van der Waals surface area contributed by atoms with E-state index in [1.54, 1.807) is 18.6 Å². The summed E-state index contributed by atoms with van der Waals surface area (Å²) >= 11 is 12.5. The normalized spacial score (nSPS) is 16.3. The van der Waals surface area contributed by atoms with Crippen LogP contribution in [-0.4, -0.2) is 9.97 Å². The van der Waals surface area contributed by atoms with Crippen molar-refractivity contribution in [2.75, 3.05) is 0 Å². The molecule has 0 atom stereocenters. The molecule has 3 rings (SSSR count). The number of nitrogens with zero attached hydrogens (tertiary/aromatic N) is 2. The van der Waals surface area contributed by atoms with E-state index in [0.29, 0.717) is 22.0 Å². The molecule has 94 valence electrons. The molecular formula is C13H12Cl2N2O. The standard InChI is InChI=1S/C13H12Cl2N2O/c14-11-10(8-3-1-2-4-8)12(15)17-13(16-11)9-5-6-18-7-9/h5-8H,1-4H2. The number of rotatable bonds is 2. The van der Waals surface area contributed by atoms with Crippen molar-refractivity contribution in [1.82, 2.24) is 9.97 Å². The highest BCUT2D eigenvalue weighted by Gasteiger charge is 2.24. The second-order valence-corrected chi connectivity index (χ2v) is 5.25. The van der Waals surface area contributed by atoms with Crippen molar-refractivity contribution in [3.8, 4) is 11.4 Å². The van der Waals surface area contributed by atoms with Crippen LogP contribution < -0.4 is 0 Å². The maximum Gasteiger partial charge on any atom is 0.165 e. The van der Waals surface area contributed by atoms with Crippen LogP contribution in [0.1, 0.15) is 37.2 Å². The molecule has 0 N–H and O–H groups in total. The first-order valence-corrected chi connectivity index (χ1v) is 6.77. The Morgan fingerprint density at radius 3 is 2.33 bits per heavy atom. The second kappa shape index (κ2) is 4.90. The van der Waals surface area contributed by atoms with Gasteiger partial charge in [0.15, 0.2) is 5.82 Å². The Hall–Kier alpha value is -1.06. The molecule has 0 spiro atoms. The molecule has 2 aromatic rings. The van der Waals surface area contributed by atoms with Gasteiger partial charge >= 0.3 is 0 Å². The van der Waals surface area contributed by atoms with Crippen LogP contribution in [0.4, 0.5) is 0 Å². The first-order chi connectivity index (χ1) is 8.75. The molecule has 1 aliphatic carbocycles. The predicted octanol–water partition coefficient (Wildman–Crippen LogP) is 4.70. The molecule has 5 heteroatoms. The molecule has 1 fully saturated rings. The van der Waals surface area contributed by atoms with Crippen LogP contribution in [0.2, 0.25) is 10.3 Å². The maximum atomic E-state index is 6.27. The molecule has 2 heterocycles. The Morgan fingerprint density at radius 2 is 1.78 bits per heavy atom. The highest BCUT2D eigenvalue weighted by molar-refractivity contribution is 6.34. The van der Waals surface area contributed by atoms with Gasteiger partial charge in [-0.3, -0.25) is 0 Å². The lowest BCUT2D eigenvalue weighted by Crippen LogP contribution is -2.01. The summed E-state index contributed by atoms with van der Waals surface area (Å²) in [5, 5.41) is 0.941. The van der Waals surface area contributed by atoms with Crippen LogP contribution in [0.3, 0.4) is 0 Å². The summed E-state index contributed by atoms with van der Waals surface area (Å²) in [6, 6.07) is 1.79. The van der Waals surface area contributed by atoms with Gasteiger partial charge in [0.1, 0.15) is 16.6 Å². The van der Waals surface area contributed by atoms with Crippen molar-refractivity contribution >= 4 is 23.2 Å². The van der Waals surface area contributed by atoms with Crippen LogP contribution in [0, 0.1) is 0 Å². The summed E-state index contributed by atoms with van der Waals surface area (Å²) in [4.78, 5) is 8.66. The third kappa shape index (κ3) is 2.13. The third-order valence-electron chi connectivity index (χ3n) is 3.40. The number of halogens is 2. The topological polar surface area (TPSA) is 38.9 Å². The average molecular weight is 283 g/mol. The van der Waals surface area contributed by atoms with Crippen LogP contribution in [0.5, 0.6) is 0 Å². The van der Waals surface area contributed by atoms with Crippen molar-refractivity contribution < 1.29 is 4.42 Å². The smallest absolute Gasteiger partial charge is 0.165 e. The lowest BCUT2D eigenvalue weighted by atomic mass is 10.0. The molecule has 18 heavy (non-hydrogen) atoms. The number of hydrogen-bond donors (Lipinski definition) is 0. The monoisotopic (exact) mass is 282 g/mol. The third-order valence-corrected chi connectivity index (χ3v) is 3.97. The Balaban J connectivity index is 2.03. The molecule has 0 amide bonds. The quantitative estimate of drug-likeness (QED) is 0.750. The minimum atomic E-state index is 0.406.